The van der Waals surface area contributed by atoms with E-state index in [1.54, 1.807) is 0 Å². The fraction of sp³-hybridized carbons (Fsp3) is 0.800. The van der Waals surface area contributed by atoms with Gasteiger partial charge in [-0.25, -0.2) is 0 Å². The Morgan fingerprint density at radius 3 is 2.15 bits per heavy atom. The molecule has 2 amide bonds. The van der Waals surface area contributed by atoms with Gasteiger partial charge in [0.1, 0.15) is 0 Å². The number of rotatable bonds is 2. The number of imide groups is 1. The molecule has 1 heterocycles. The maximum absolute atomic E-state index is 11.1. The van der Waals surface area contributed by atoms with Gasteiger partial charge in [-0.3, -0.25) is 14.9 Å². The SMILES string of the molecule is CC(C)CC1(C)CC(=O)NC(=O)C1. The number of amides is 2. The van der Waals surface area contributed by atoms with Crippen LogP contribution < -0.4 is 5.32 Å². The van der Waals surface area contributed by atoms with Gasteiger partial charge in [-0.15, -0.1) is 0 Å². The van der Waals surface area contributed by atoms with Crippen LogP contribution in [0.3, 0.4) is 0 Å². The quantitative estimate of drug-likeness (QED) is 0.659. The first-order valence-corrected chi connectivity index (χ1v) is 4.74. The molecule has 1 saturated heterocycles. The predicted octanol–water partition coefficient (Wildman–Crippen LogP) is 1.48. The zero-order valence-electron chi connectivity index (χ0n) is 8.52. The fourth-order valence-corrected chi connectivity index (χ4v) is 2.21. The van der Waals surface area contributed by atoms with Gasteiger partial charge >= 0.3 is 0 Å². The summed E-state index contributed by atoms with van der Waals surface area (Å²) in [5.41, 5.74) is -0.117. The van der Waals surface area contributed by atoms with Gasteiger partial charge in [-0.2, -0.15) is 0 Å². The van der Waals surface area contributed by atoms with Crippen molar-refractivity contribution in [2.75, 3.05) is 0 Å². The van der Waals surface area contributed by atoms with E-state index in [-0.39, 0.29) is 17.2 Å². The summed E-state index contributed by atoms with van der Waals surface area (Å²) in [7, 11) is 0. The summed E-state index contributed by atoms with van der Waals surface area (Å²) in [5.74, 6) is 0.280. The second kappa shape index (κ2) is 3.48. The van der Waals surface area contributed by atoms with Crippen molar-refractivity contribution in [1.29, 1.82) is 0 Å². The Kier molecular flexibility index (Phi) is 2.74. The van der Waals surface area contributed by atoms with Crippen LogP contribution in [0.1, 0.15) is 40.0 Å². The zero-order valence-corrected chi connectivity index (χ0v) is 8.52. The monoisotopic (exact) mass is 183 g/mol. The third-order valence-corrected chi connectivity index (χ3v) is 2.35. The lowest BCUT2D eigenvalue weighted by Gasteiger charge is -2.33. The minimum atomic E-state index is -0.126. The largest absolute Gasteiger partial charge is 0.296 e. The molecule has 0 aromatic heterocycles. The summed E-state index contributed by atoms with van der Waals surface area (Å²) < 4.78 is 0. The highest BCUT2D eigenvalue weighted by molar-refractivity contribution is 5.98. The third kappa shape index (κ3) is 2.83. The second-order valence-electron chi connectivity index (χ2n) is 4.73. The average Bonchev–Trinajstić information content (AvgIpc) is 1.77. The number of carbonyl (C=O) groups is 2. The summed E-state index contributed by atoms with van der Waals surface area (Å²) in [5, 5.41) is 2.33. The summed E-state index contributed by atoms with van der Waals surface area (Å²) in [6.45, 7) is 6.24. The smallest absolute Gasteiger partial charge is 0.227 e. The van der Waals surface area contributed by atoms with Gasteiger partial charge in [0.05, 0.1) is 0 Å². The minimum absolute atomic E-state index is 0.117. The molecule has 1 rings (SSSR count). The molecule has 1 N–H and O–H groups in total. The van der Waals surface area contributed by atoms with Crippen LogP contribution in [-0.4, -0.2) is 11.8 Å². The molecule has 0 atom stereocenters. The zero-order chi connectivity index (χ0) is 10.1. The lowest BCUT2D eigenvalue weighted by molar-refractivity contribution is -0.137. The van der Waals surface area contributed by atoms with Crippen molar-refractivity contribution in [3.05, 3.63) is 0 Å². The predicted molar refractivity (Wildman–Crippen MR) is 49.9 cm³/mol. The molecule has 3 heteroatoms. The Labute approximate surface area is 78.9 Å². The van der Waals surface area contributed by atoms with Crippen LogP contribution in [-0.2, 0) is 9.59 Å². The highest BCUT2D eigenvalue weighted by Crippen LogP contribution is 2.35. The van der Waals surface area contributed by atoms with Crippen LogP contribution in [0.25, 0.3) is 0 Å². The van der Waals surface area contributed by atoms with E-state index in [1.807, 2.05) is 6.92 Å². The molecule has 0 unspecified atom stereocenters. The van der Waals surface area contributed by atoms with Crippen molar-refractivity contribution < 1.29 is 9.59 Å². The number of nitrogens with one attached hydrogen (secondary N) is 1. The first-order valence-electron chi connectivity index (χ1n) is 4.74. The Balaban J connectivity index is 2.66. The topological polar surface area (TPSA) is 46.2 Å². The number of piperidine rings is 1. The van der Waals surface area contributed by atoms with Crippen LogP contribution in [0.2, 0.25) is 0 Å². The van der Waals surface area contributed by atoms with E-state index >= 15 is 0 Å². The lowest BCUT2D eigenvalue weighted by Crippen LogP contribution is -2.43. The van der Waals surface area contributed by atoms with E-state index in [9.17, 15) is 9.59 Å². The summed E-state index contributed by atoms with van der Waals surface area (Å²) in [6.07, 6.45) is 1.90. The molecule has 1 aliphatic rings. The van der Waals surface area contributed by atoms with Crippen molar-refractivity contribution in [3.63, 3.8) is 0 Å². The Hall–Kier alpha value is -0.860. The summed E-state index contributed by atoms with van der Waals surface area (Å²) >= 11 is 0. The lowest BCUT2D eigenvalue weighted by atomic mass is 9.74. The fourth-order valence-electron chi connectivity index (χ4n) is 2.21. The standard InChI is InChI=1S/C10H17NO2/c1-7(2)4-10(3)5-8(12)11-9(13)6-10/h7H,4-6H2,1-3H3,(H,11,12,13). The molecule has 1 aliphatic heterocycles. The van der Waals surface area contributed by atoms with E-state index in [0.717, 1.165) is 6.42 Å². The maximum Gasteiger partial charge on any atom is 0.227 e. The van der Waals surface area contributed by atoms with Crippen LogP contribution in [0.4, 0.5) is 0 Å². The molecule has 13 heavy (non-hydrogen) atoms. The van der Waals surface area contributed by atoms with Crippen molar-refractivity contribution in [1.82, 2.24) is 5.32 Å². The molecule has 1 fully saturated rings. The summed E-state index contributed by atoms with van der Waals surface area (Å²) in [6, 6.07) is 0. The van der Waals surface area contributed by atoms with Crippen LogP contribution in [0.15, 0.2) is 0 Å². The first-order chi connectivity index (χ1) is 5.91. The molecule has 0 spiro atoms. The summed E-state index contributed by atoms with van der Waals surface area (Å²) in [4.78, 5) is 22.3. The maximum atomic E-state index is 11.1. The molecule has 0 aromatic carbocycles. The molecule has 0 aliphatic carbocycles. The van der Waals surface area contributed by atoms with Gasteiger partial charge in [-0.1, -0.05) is 20.8 Å². The second-order valence-corrected chi connectivity index (χ2v) is 4.73. The highest BCUT2D eigenvalue weighted by Gasteiger charge is 2.35. The van der Waals surface area contributed by atoms with Gasteiger partial charge in [0.25, 0.3) is 0 Å². The Morgan fingerprint density at radius 1 is 1.31 bits per heavy atom. The first kappa shape index (κ1) is 10.2. The molecule has 3 nitrogen and oxygen atoms in total. The van der Waals surface area contributed by atoms with E-state index in [4.69, 9.17) is 0 Å². The van der Waals surface area contributed by atoms with Gasteiger partial charge in [-0.05, 0) is 17.8 Å². The average molecular weight is 183 g/mol. The Morgan fingerprint density at radius 2 is 1.77 bits per heavy atom. The Bertz CT molecular complexity index is 217. The number of hydrogen-bond donors (Lipinski definition) is 1. The van der Waals surface area contributed by atoms with Crippen molar-refractivity contribution in [2.45, 2.75) is 40.0 Å². The molecule has 0 aromatic rings. The van der Waals surface area contributed by atoms with E-state index < -0.39 is 0 Å². The normalized spacial score (nSPS) is 21.8. The third-order valence-electron chi connectivity index (χ3n) is 2.35. The van der Waals surface area contributed by atoms with Gasteiger partial charge in [0, 0.05) is 12.8 Å². The van der Waals surface area contributed by atoms with Crippen molar-refractivity contribution in [2.24, 2.45) is 11.3 Å². The molecule has 0 bridgehead atoms. The van der Waals surface area contributed by atoms with Crippen LogP contribution in [0.5, 0.6) is 0 Å². The van der Waals surface area contributed by atoms with Crippen molar-refractivity contribution in [3.8, 4) is 0 Å². The van der Waals surface area contributed by atoms with Crippen LogP contribution >= 0.6 is 0 Å². The molecule has 74 valence electrons. The molecule has 0 radical (unpaired) electrons. The molecular weight excluding hydrogens is 166 g/mol. The molecular formula is C10H17NO2. The van der Waals surface area contributed by atoms with E-state index in [2.05, 4.69) is 19.2 Å². The number of carbonyl (C=O) groups excluding carboxylic acids is 2. The van der Waals surface area contributed by atoms with Gasteiger partial charge in [0.2, 0.25) is 11.8 Å². The van der Waals surface area contributed by atoms with Gasteiger partial charge in [0.15, 0.2) is 0 Å². The van der Waals surface area contributed by atoms with E-state index in [1.165, 1.54) is 0 Å². The number of hydrogen-bond acceptors (Lipinski definition) is 2. The van der Waals surface area contributed by atoms with E-state index in [0.29, 0.717) is 18.8 Å². The van der Waals surface area contributed by atoms with Crippen LogP contribution in [0, 0.1) is 11.3 Å². The van der Waals surface area contributed by atoms with Gasteiger partial charge < -0.3 is 0 Å². The van der Waals surface area contributed by atoms with Crippen molar-refractivity contribution >= 4 is 11.8 Å². The highest BCUT2D eigenvalue weighted by atomic mass is 16.2. The minimum Gasteiger partial charge on any atom is -0.296 e. The molecule has 0 saturated carbocycles.